The van der Waals surface area contributed by atoms with Gasteiger partial charge < -0.3 is 9.64 Å². The molecule has 198 valence electrons. The molecule has 5 rings (SSSR count). The lowest BCUT2D eigenvalue weighted by Gasteiger charge is -2.35. The van der Waals surface area contributed by atoms with Crippen molar-refractivity contribution in [3.05, 3.63) is 81.5 Å². The van der Waals surface area contributed by atoms with Crippen molar-refractivity contribution in [2.45, 2.75) is 72.1 Å². The zero-order valence-electron chi connectivity index (χ0n) is 22.6. The number of fused-ring (bicyclic) bond motifs is 1. The standard InChI is InChI=1S/C32H35FN2O2S/c1-20-15-25(16-21(2)34-20)23-13-14-28(37-4)26(17-23)19-35(27-10-6-5-7-11-27)32(36)31-22(3)30-24(18-33)9-8-12-29(30)38-31/h8-9,12-17,27H,5-7,10-11,18-19H2,1-4H3. The fourth-order valence-corrected chi connectivity index (χ4v) is 7.07. The molecule has 1 aliphatic rings. The number of hydrogen-bond acceptors (Lipinski definition) is 4. The third kappa shape index (κ3) is 5.19. The first-order valence-corrected chi connectivity index (χ1v) is 14.2. The number of carbonyl (C=O) groups excluding carboxylic acids is 1. The molecule has 2 aromatic carbocycles. The third-order valence-corrected chi connectivity index (χ3v) is 8.94. The molecule has 2 aromatic heterocycles. The van der Waals surface area contributed by atoms with Crippen LogP contribution in [0.15, 0.2) is 48.5 Å². The Morgan fingerprint density at radius 3 is 2.42 bits per heavy atom. The molecule has 6 heteroatoms. The first-order chi connectivity index (χ1) is 18.4. The molecule has 1 amide bonds. The molecule has 0 saturated heterocycles. The number of ether oxygens (including phenoxy) is 1. The van der Waals surface area contributed by atoms with Crippen molar-refractivity contribution < 1.29 is 13.9 Å². The summed E-state index contributed by atoms with van der Waals surface area (Å²) < 4.78 is 20.5. The predicted octanol–water partition coefficient (Wildman–Crippen LogP) is 8.34. The lowest BCUT2D eigenvalue weighted by Crippen LogP contribution is -2.41. The van der Waals surface area contributed by atoms with E-state index in [1.165, 1.54) is 17.8 Å². The van der Waals surface area contributed by atoms with Crippen LogP contribution in [0.25, 0.3) is 21.2 Å². The first-order valence-electron chi connectivity index (χ1n) is 13.4. The van der Waals surface area contributed by atoms with Crippen LogP contribution in [0.5, 0.6) is 5.75 Å². The van der Waals surface area contributed by atoms with Crippen LogP contribution in [0.1, 0.15) is 69.9 Å². The third-order valence-electron chi connectivity index (χ3n) is 7.69. The number of pyridine rings is 1. The van der Waals surface area contributed by atoms with Crippen molar-refractivity contribution in [3.8, 4) is 16.9 Å². The van der Waals surface area contributed by atoms with E-state index < -0.39 is 6.67 Å². The zero-order chi connectivity index (χ0) is 26.8. The van der Waals surface area contributed by atoms with Gasteiger partial charge in [0.25, 0.3) is 5.91 Å². The Bertz CT molecular complexity index is 1450. The SMILES string of the molecule is COc1ccc(-c2cc(C)nc(C)c2)cc1CN(C(=O)c1sc2cccc(CF)c2c1C)C1CCCCC1. The number of thiophene rings is 1. The number of carbonyl (C=O) groups is 1. The number of alkyl halides is 1. The number of aromatic nitrogens is 1. The molecule has 0 bridgehead atoms. The smallest absolute Gasteiger partial charge is 0.264 e. The molecular weight excluding hydrogens is 495 g/mol. The Labute approximate surface area is 228 Å². The zero-order valence-corrected chi connectivity index (χ0v) is 23.5. The molecule has 0 unspecified atom stereocenters. The molecule has 38 heavy (non-hydrogen) atoms. The van der Waals surface area contributed by atoms with Gasteiger partial charge in [-0.2, -0.15) is 0 Å². The van der Waals surface area contributed by atoms with E-state index in [9.17, 15) is 9.18 Å². The van der Waals surface area contributed by atoms with Crippen molar-refractivity contribution in [1.29, 1.82) is 0 Å². The molecule has 1 fully saturated rings. The van der Waals surface area contributed by atoms with Gasteiger partial charge in [0.05, 0.1) is 12.0 Å². The number of amides is 1. The highest BCUT2D eigenvalue weighted by molar-refractivity contribution is 7.21. The maximum absolute atomic E-state index is 14.3. The fraction of sp³-hybridized carbons (Fsp3) is 0.375. The Kier molecular flexibility index (Phi) is 7.80. The number of rotatable bonds is 7. The molecule has 4 nitrogen and oxygen atoms in total. The van der Waals surface area contributed by atoms with Gasteiger partial charge in [-0.3, -0.25) is 9.78 Å². The van der Waals surface area contributed by atoms with Crippen LogP contribution in [-0.4, -0.2) is 28.9 Å². The summed E-state index contributed by atoms with van der Waals surface area (Å²) in [5.41, 5.74) is 6.65. The number of methoxy groups -OCH3 is 1. The minimum Gasteiger partial charge on any atom is -0.496 e. The average molecular weight is 531 g/mol. The Hall–Kier alpha value is -3.25. The quantitative estimate of drug-likeness (QED) is 0.241. The first kappa shape index (κ1) is 26.4. The minimum atomic E-state index is -0.535. The lowest BCUT2D eigenvalue weighted by atomic mass is 9.93. The summed E-state index contributed by atoms with van der Waals surface area (Å²) in [6, 6.07) is 16.2. The summed E-state index contributed by atoms with van der Waals surface area (Å²) in [7, 11) is 1.68. The highest BCUT2D eigenvalue weighted by atomic mass is 32.1. The van der Waals surface area contributed by atoms with Crippen LogP contribution in [0.4, 0.5) is 4.39 Å². The van der Waals surface area contributed by atoms with Crippen molar-refractivity contribution in [2.24, 2.45) is 0 Å². The van der Waals surface area contributed by atoms with Crippen molar-refractivity contribution in [1.82, 2.24) is 9.88 Å². The van der Waals surface area contributed by atoms with Crippen LogP contribution in [0, 0.1) is 20.8 Å². The van der Waals surface area contributed by atoms with Gasteiger partial charge in [0, 0.05) is 39.6 Å². The van der Waals surface area contributed by atoms with Gasteiger partial charge in [-0.1, -0.05) is 37.5 Å². The van der Waals surface area contributed by atoms with E-state index in [2.05, 4.69) is 34.1 Å². The highest BCUT2D eigenvalue weighted by Crippen LogP contribution is 2.37. The van der Waals surface area contributed by atoms with Gasteiger partial charge in [0.2, 0.25) is 0 Å². The molecule has 0 aliphatic heterocycles. The summed E-state index contributed by atoms with van der Waals surface area (Å²) in [6.07, 6.45) is 5.45. The van der Waals surface area contributed by atoms with E-state index in [0.717, 1.165) is 75.2 Å². The van der Waals surface area contributed by atoms with Crippen LogP contribution >= 0.6 is 11.3 Å². The topological polar surface area (TPSA) is 42.4 Å². The number of nitrogens with zero attached hydrogens (tertiary/aromatic N) is 2. The molecule has 1 saturated carbocycles. The van der Waals surface area contributed by atoms with Gasteiger partial charge in [-0.25, -0.2) is 4.39 Å². The van der Waals surface area contributed by atoms with E-state index in [0.29, 0.717) is 17.0 Å². The monoisotopic (exact) mass is 530 g/mol. The van der Waals surface area contributed by atoms with Crippen molar-refractivity contribution in [3.63, 3.8) is 0 Å². The Morgan fingerprint density at radius 2 is 1.74 bits per heavy atom. The van der Waals surface area contributed by atoms with Crippen LogP contribution in [-0.2, 0) is 13.2 Å². The van der Waals surface area contributed by atoms with E-state index in [4.69, 9.17) is 4.74 Å². The van der Waals surface area contributed by atoms with Crippen LogP contribution < -0.4 is 4.74 Å². The molecule has 2 heterocycles. The van der Waals surface area contributed by atoms with E-state index in [-0.39, 0.29) is 11.9 Å². The summed E-state index contributed by atoms with van der Waals surface area (Å²) in [6.45, 7) is 5.90. The molecule has 4 aromatic rings. The minimum absolute atomic E-state index is 0.0310. The van der Waals surface area contributed by atoms with Gasteiger partial charge in [-0.15, -0.1) is 11.3 Å². The Balaban J connectivity index is 1.56. The highest BCUT2D eigenvalue weighted by Gasteiger charge is 2.30. The number of halogens is 1. The predicted molar refractivity (Wildman–Crippen MR) is 154 cm³/mol. The second kappa shape index (κ2) is 11.2. The molecule has 0 atom stereocenters. The van der Waals surface area contributed by atoms with Gasteiger partial charge >= 0.3 is 0 Å². The second-order valence-corrected chi connectivity index (χ2v) is 11.4. The maximum Gasteiger partial charge on any atom is 0.264 e. The summed E-state index contributed by atoms with van der Waals surface area (Å²) in [5.74, 6) is 0.807. The van der Waals surface area contributed by atoms with E-state index >= 15 is 0 Å². The maximum atomic E-state index is 14.3. The number of benzene rings is 2. The summed E-state index contributed by atoms with van der Waals surface area (Å²) in [5, 5.41) is 0.884. The molecular formula is C32H35FN2O2S. The Morgan fingerprint density at radius 1 is 1.00 bits per heavy atom. The number of aryl methyl sites for hydroxylation is 3. The normalized spacial score (nSPS) is 14.1. The van der Waals surface area contributed by atoms with Crippen LogP contribution in [0.2, 0.25) is 0 Å². The van der Waals surface area contributed by atoms with Gasteiger partial charge in [-0.05, 0) is 86.2 Å². The molecule has 1 aliphatic carbocycles. The van der Waals surface area contributed by atoms with E-state index in [1.807, 2.05) is 45.0 Å². The molecule has 0 radical (unpaired) electrons. The van der Waals surface area contributed by atoms with Crippen molar-refractivity contribution in [2.75, 3.05) is 7.11 Å². The summed E-state index contributed by atoms with van der Waals surface area (Å²) >= 11 is 1.48. The van der Waals surface area contributed by atoms with Crippen LogP contribution in [0.3, 0.4) is 0 Å². The van der Waals surface area contributed by atoms with E-state index in [1.54, 1.807) is 7.11 Å². The number of hydrogen-bond donors (Lipinski definition) is 0. The van der Waals surface area contributed by atoms with Gasteiger partial charge in [0.15, 0.2) is 0 Å². The average Bonchev–Trinajstić information content (AvgIpc) is 3.27. The second-order valence-electron chi connectivity index (χ2n) is 10.4. The largest absolute Gasteiger partial charge is 0.496 e. The molecule has 0 spiro atoms. The fourth-order valence-electron chi connectivity index (χ4n) is 5.86. The summed E-state index contributed by atoms with van der Waals surface area (Å²) in [4.78, 5) is 21.6. The molecule has 0 N–H and O–H groups in total. The van der Waals surface area contributed by atoms with Crippen molar-refractivity contribution >= 4 is 27.3 Å². The van der Waals surface area contributed by atoms with Gasteiger partial charge in [0.1, 0.15) is 12.4 Å². The lowest BCUT2D eigenvalue weighted by molar-refractivity contribution is 0.0617.